The Bertz CT molecular complexity index is 1520. The van der Waals surface area contributed by atoms with Gasteiger partial charge in [-0.15, -0.1) is 0 Å². The average Bonchev–Trinajstić information content (AvgIpc) is 2.86. The lowest BCUT2D eigenvalue weighted by Gasteiger charge is -2.26. The van der Waals surface area contributed by atoms with Crippen LogP contribution in [0, 0.1) is 20.8 Å². The summed E-state index contributed by atoms with van der Waals surface area (Å²) in [5.74, 6) is -1.51. The highest BCUT2D eigenvalue weighted by atomic mass is 79.9. The van der Waals surface area contributed by atoms with Crippen molar-refractivity contribution < 1.29 is 23.9 Å². The second-order valence-electron chi connectivity index (χ2n) is 8.67. The number of imide groups is 2. The molecule has 1 heterocycles. The minimum Gasteiger partial charge on any atom is -0.483 e. The number of hydrogen-bond donors (Lipinski definition) is 2. The lowest BCUT2D eigenvalue weighted by atomic mass is 10.1. The van der Waals surface area contributed by atoms with Gasteiger partial charge >= 0.3 is 6.03 Å². The molecule has 2 N–H and O–H groups in total. The maximum atomic E-state index is 13.1. The molecule has 10 heteroatoms. The number of halogens is 2. The number of amides is 5. The number of barbiturate groups is 1. The van der Waals surface area contributed by atoms with E-state index in [4.69, 9.17) is 16.3 Å². The highest BCUT2D eigenvalue weighted by Crippen LogP contribution is 2.29. The molecule has 3 aromatic carbocycles. The third-order valence-corrected chi connectivity index (χ3v) is 7.05. The zero-order valence-electron chi connectivity index (χ0n) is 20.7. The predicted molar refractivity (Wildman–Crippen MR) is 149 cm³/mol. The minimum absolute atomic E-state index is 0.219. The van der Waals surface area contributed by atoms with Gasteiger partial charge in [0.15, 0.2) is 6.61 Å². The number of rotatable bonds is 6. The van der Waals surface area contributed by atoms with Gasteiger partial charge in [-0.3, -0.25) is 19.7 Å². The van der Waals surface area contributed by atoms with Gasteiger partial charge < -0.3 is 10.1 Å². The molecule has 5 amide bonds. The molecule has 1 saturated heterocycles. The summed E-state index contributed by atoms with van der Waals surface area (Å²) < 4.78 is 6.15. The van der Waals surface area contributed by atoms with Crippen molar-refractivity contribution in [1.82, 2.24) is 5.32 Å². The summed E-state index contributed by atoms with van der Waals surface area (Å²) in [6.45, 7) is 5.47. The van der Waals surface area contributed by atoms with E-state index < -0.39 is 17.8 Å². The third-order valence-electron chi connectivity index (χ3n) is 6.02. The number of ether oxygens (including phenoxy) is 1. The molecular weight excluding hydrogens is 574 g/mol. The molecule has 0 radical (unpaired) electrons. The zero-order valence-corrected chi connectivity index (χ0v) is 23.1. The fourth-order valence-corrected chi connectivity index (χ4v) is 4.41. The Labute approximate surface area is 232 Å². The van der Waals surface area contributed by atoms with E-state index in [2.05, 4.69) is 26.6 Å². The quantitative estimate of drug-likeness (QED) is 0.280. The fourth-order valence-electron chi connectivity index (χ4n) is 3.72. The van der Waals surface area contributed by atoms with Crippen molar-refractivity contribution >= 4 is 68.7 Å². The second kappa shape index (κ2) is 11.2. The number of carbonyl (C=O) groups excluding carboxylic acids is 4. The van der Waals surface area contributed by atoms with Crippen LogP contribution in [0.1, 0.15) is 22.3 Å². The van der Waals surface area contributed by atoms with Crippen LogP contribution in [0.2, 0.25) is 5.02 Å². The van der Waals surface area contributed by atoms with Crippen LogP contribution in [0.15, 0.2) is 64.6 Å². The zero-order chi connectivity index (χ0) is 27.6. The van der Waals surface area contributed by atoms with E-state index >= 15 is 0 Å². The molecule has 194 valence electrons. The molecule has 1 aliphatic rings. The number of urea groups is 1. The van der Waals surface area contributed by atoms with Crippen molar-refractivity contribution in [2.45, 2.75) is 20.8 Å². The van der Waals surface area contributed by atoms with E-state index in [1.807, 2.05) is 32.0 Å². The molecule has 0 aliphatic carbocycles. The van der Waals surface area contributed by atoms with Crippen molar-refractivity contribution in [3.8, 4) is 5.75 Å². The summed E-state index contributed by atoms with van der Waals surface area (Å²) >= 11 is 9.56. The number of nitrogens with one attached hydrogen (secondary N) is 2. The van der Waals surface area contributed by atoms with Gasteiger partial charge in [-0.2, -0.15) is 0 Å². The van der Waals surface area contributed by atoms with E-state index in [0.717, 1.165) is 27.3 Å². The average molecular weight is 597 g/mol. The Balaban J connectivity index is 1.49. The van der Waals surface area contributed by atoms with Gasteiger partial charge in [0.1, 0.15) is 11.3 Å². The minimum atomic E-state index is -0.860. The lowest BCUT2D eigenvalue weighted by Crippen LogP contribution is -2.54. The van der Waals surface area contributed by atoms with Crippen LogP contribution in [0.25, 0.3) is 6.08 Å². The Morgan fingerprint density at radius 1 is 1.05 bits per heavy atom. The second-order valence-corrected chi connectivity index (χ2v) is 9.93. The van der Waals surface area contributed by atoms with E-state index in [9.17, 15) is 19.2 Å². The van der Waals surface area contributed by atoms with Gasteiger partial charge in [-0.25, -0.2) is 9.69 Å². The van der Waals surface area contributed by atoms with Crippen LogP contribution in [-0.2, 0) is 14.4 Å². The van der Waals surface area contributed by atoms with Gasteiger partial charge in [0, 0.05) is 10.7 Å². The van der Waals surface area contributed by atoms with Crippen molar-refractivity contribution in [3.63, 3.8) is 0 Å². The van der Waals surface area contributed by atoms with Gasteiger partial charge in [-0.05, 0) is 95.4 Å². The van der Waals surface area contributed by atoms with Crippen molar-refractivity contribution in [2.24, 2.45) is 0 Å². The smallest absolute Gasteiger partial charge is 0.335 e. The van der Waals surface area contributed by atoms with Crippen molar-refractivity contribution in [2.75, 3.05) is 16.8 Å². The number of anilines is 2. The molecule has 0 atom stereocenters. The molecule has 0 aromatic heterocycles. The highest BCUT2D eigenvalue weighted by molar-refractivity contribution is 9.10. The van der Waals surface area contributed by atoms with Crippen LogP contribution in [-0.4, -0.2) is 30.4 Å². The van der Waals surface area contributed by atoms with Gasteiger partial charge in [0.2, 0.25) is 0 Å². The Morgan fingerprint density at radius 2 is 1.82 bits per heavy atom. The van der Waals surface area contributed by atoms with Crippen LogP contribution < -0.4 is 20.3 Å². The number of nitrogens with zero attached hydrogens (tertiary/aromatic N) is 1. The first kappa shape index (κ1) is 27.1. The first-order valence-corrected chi connectivity index (χ1v) is 12.7. The molecule has 0 saturated carbocycles. The van der Waals surface area contributed by atoms with Gasteiger partial charge in [0.25, 0.3) is 17.7 Å². The predicted octanol–water partition coefficient (Wildman–Crippen LogP) is 5.71. The molecular formula is C28H23BrClN3O5. The lowest BCUT2D eigenvalue weighted by molar-refractivity contribution is -0.122. The number of benzene rings is 3. The van der Waals surface area contributed by atoms with E-state index in [-0.39, 0.29) is 23.8 Å². The summed E-state index contributed by atoms with van der Waals surface area (Å²) in [7, 11) is 0. The Morgan fingerprint density at radius 3 is 2.53 bits per heavy atom. The summed E-state index contributed by atoms with van der Waals surface area (Å²) in [5, 5.41) is 5.40. The van der Waals surface area contributed by atoms with Crippen LogP contribution in [0.3, 0.4) is 0 Å². The maximum Gasteiger partial charge on any atom is 0.335 e. The molecule has 1 fully saturated rings. The third kappa shape index (κ3) is 5.79. The maximum absolute atomic E-state index is 13.1. The van der Waals surface area contributed by atoms with Crippen molar-refractivity contribution in [1.29, 1.82) is 0 Å². The Hall–Kier alpha value is -3.95. The summed E-state index contributed by atoms with van der Waals surface area (Å²) in [6, 6.07) is 14.4. The van der Waals surface area contributed by atoms with Gasteiger partial charge in [-0.1, -0.05) is 35.9 Å². The number of hydrogen-bond acceptors (Lipinski definition) is 5. The molecule has 4 rings (SSSR count). The van der Waals surface area contributed by atoms with Crippen LogP contribution in [0.5, 0.6) is 5.75 Å². The number of aryl methyl sites for hydroxylation is 2. The van der Waals surface area contributed by atoms with E-state index in [1.165, 1.54) is 12.1 Å². The molecule has 38 heavy (non-hydrogen) atoms. The van der Waals surface area contributed by atoms with Crippen molar-refractivity contribution in [3.05, 3.63) is 91.9 Å². The monoisotopic (exact) mass is 595 g/mol. The molecule has 1 aliphatic heterocycles. The standard InChI is InChI=1S/C28H23BrClN3O5/c1-15-5-4-6-23(17(15)3)31-25(34)14-38-24-10-8-18(12-21(24)29)11-20-26(35)32-28(37)33(27(20)36)19-9-7-16(2)22(30)13-19/h4-13H,14H2,1-3H3,(H,31,34)(H,32,35,37)/b20-11+. The molecule has 0 unspecified atom stereocenters. The first-order chi connectivity index (χ1) is 18.0. The first-order valence-electron chi connectivity index (χ1n) is 11.5. The topological polar surface area (TPSA) is 105 Å². The highest BCUT2D eigenvalue weighted by Gasteiger charge is 2.37. The van der Waals surface area contributed by atoms with E-state index in [1.54, 1.807) is 37.3 Å². The fraction of sp³-hybridized carbons (Fsp3) is 0.143. The molecule has 0 bridgehead atoms. The summed E-state index contributed by atoms with van der Waals surface area (Å²) in [6.07, 6.45) is 1.37. The normalized spacial score (nSPS) is 14.5. The number of carbonyl (C=O) groups is 4. The Kier molecular flexibility index (Phi) is 7.99. The van der Waals surface area contributed by atoms with Crippen LogP contribution in [0.4, 0.5) is 16.2 Å². The largest absolute Gasteiger partial charge is 0.483 e. The van der Waals surface area contributed by atoms with Crippen LogP contribution >= 0.6 is 27.5 Å². The summed E-state index contributed by atoms with van der Waals surface area (Å²) in [5.41, 5.74) is 4.06. The van der Waals surface area contributed by atoms with Gasteiger partial charge in [0.05, 0.1) is 10.2 Å². The van der Waals surface area contributed by atoms with E-state index in [0.29, 0.717) is 20.8 Å². The SMILES string of the molecule is Cc1ccc(N2C(=O)NC(=O)/C(=C\c3ccc(OCC(=O)Nc4cccc(C)c4C)c(Br)c3)C2=O)cc1Cl. The molecule has 3 aromatic rings. The molecule has 0 spiro atoms. The molecule has 8 nitrogen and oxygen atoms in total. The summed E-state index contributed by atoms with van der Waals surface area (Å²) in [4.78, 5) is 51.3.